The molecule has 0 radical (unpaired) electrons. The van der Waals surface area contributed by atoms with Crippen molar-refractivity contribution in [1.82, 2.24) is 19.7 Å². The molecule has 1 fully saturated rings. The van der Waals surface area contributed by atoms with Gasteiger partial charge in [0.25, 0.3) is 0 Å². The SMILES string of the molecule is NC(=O)C1CCN(C(=O)CSc2nnc(-c3ccccc3Cl)n2-c2ccccc2)CC1. The van der Waals surface area contributed by atoms with E-state index in [0.717, 1.165) is 11.3 Å². The van der Waals surface area contributed by atoms with E-state index in [-0.39, 0.29) is 23.5 Å². The number of hydrogen-bond acceptors (Lipinski definition) is 5. The Morgan fingerprint density at radius 3 is 2.39 bits per heavy atom. The van der Waals surface area contributed by atoms with Crippen LogP contribution in [-0.4, -0.2) is 50.3 Å². The first-order chi connectivity index (χ1) is 15.0. The molecule has 2 amide bonds. The summed E-state index contributed by atoms with van der Waals surface area (Å²) in [6, 6.07) is 17.2. The van der Waals surface area contributed by atoms with E-state index in [1.807, 2.05) is 59.2 Å². The minimum atomic E-state index is -0.287. The summed E-state index contributed by atoms with van der Waals surface area (Å²) in [5.74, 6) is 0.429. The molecular formula is C22H22ClN5O2S. The molecule has 4 rings (SSSR count). The molecule has 2 heterocycles. The number of hydrogen-bond donors (Lipinski definition) is 1. The first-order valence-electron chi connectivity index (χ1n) is 10.00. The van der Waals surface area contributed by atoms with Crippen LogP contribution >= 0.6 is 23.4 Å². The van der Waals surface area contributed by atoms with Gasteiger partial charge in [0.15, 0.2) is 11.0 Å². The maximum absolute atomic E-state index is 12.7. The molecule has 1 saturated heterocycles. The molecule has 3 aromatic rings. The Hall–Kier alpha value is -2.84. The van der Waals surface area contributed by atoms with Crippen molar-refractivity contribution in [3.05, 3.63) is 59.6 Å². The lowest BCUT2D eigenvalue weighted by Gasteiger charge is -2.30. The number of nitrogens with two attached hydrogens (primary N) is 1. The Labute approximate surface area is 189 Å². The van der Waals surface area contributed by atoms with Gasteiger partial charge in [0, 0.05) is 30.3 Å². The van der Waals surface area contributed by atoms with E-state index in [9.17, 15) is 9.59 Å². The quantitative estimate of drug-likeness (QED) is 0.575. The van der Waals surface area contributed by atoms with Crippen molar-refractivity contribution in [3.63, 3.8) is 0 Å². The summed E-state index contributed by atoms with van der Waals surface area (Å²) in [6.45, 7) is 1.09. The zero-order valence-corrected chi connectivity index (χ0v) is 18.4. The zero-order valence-electron chi connectivity index (χ0n) is 16.8. The fourth-order valence-electron chi connectivity index (χ4n) is 3.62. The summed E-state index contributed by atoms with van der Waals surface area (Å²) in [6.07, 6.45) is 1.23. The number of nitrogens with zero attached hydrogens (tertiary/aromatic N) is 4. The van der Waals surface area contributed by atoms with Crippen LogP contribution in [0.2, 0.25) is 5.02 Å². The van der Waals surface area contributed by atoms with Crippen LogP contribution in [0.4, 0.5) is 0 Å². The van der Waals surface area contributed by atoms with Crippen LogP contribution in [0.25, 0.3) is 17.1 Å². The Balaban J connectivity index is 1.55. The lowest BCUT2D eigenvalue weighted by atomic mass is 9.96. The van der Waals surface area contributed by atoms with Crippen LogP contribution in [0.3, 0.4) is 0 Å². The number of carbonyl (C=O) groups excluding carboxylic acids is 2. The normalized spacial score (nSPS) is 14.5. The largest absolute Gasteiger partial charge is 0.369 e. The summed E-state index contributed by atoms with van der Waals surface area (Å²) in [7, 11) is 0. The number of thioether (sulfide) groups is 1. The van der Waals surface area contributed by atoms with Crippen molar-refractivity contribution in [2.45, 2.75) is 18.0 Å². The molecule has 9 heteroatoms. The second-order valence-corrected chi connectivity index (χ2v) is 8.65. The van der Waals surface area contributed by atoms with E-state index in [4.69, 9.17) is 17.3 Å². The van der Waals surface area contributed by atoms with Gasteiger partial charge in [0.05, 0.1) is 10.8 Å². The first kappa shape index (κ1) is 21.4. The van der Waals surface area contributed by atoms with Crippen LogP contribution in [0.15, 0.2) is 59.8 Å². The molecule has 0 unspecified atom stereocenters. The average molecular weight is 456 g/mol. The molecule has 160 valence electrons. The van der Waals surface area contributed by atoms with E-state index in [1.54, 1.807) is 4.90 Å². The highest BCUT2D eigenvalue weighted by Gasteiger charge is 2.26. The molecule has 1 aromatic heterocycles. The number of primary amides is 1. The second-order valence-electron chi connectivity index (χ2n) is 7.30. The number of piperidine rings is 1. The number of carbonyl (C=O) groups is 2. The van der Waals surface area contributed by atoms with Crippen molar-refractivity contribution in [2.75, 3.05) is 18.8 Å². The highest BCUT2D eigenvalue weighted by atomic mass is 35.5. The van der Waals surface area contributed by atoms with Gasteiger partial charge in [0.2, 0.25) is 11.8 Å². The number of amides is 2. The van der Waals surface area contributed by atoms with Gasteiger partial charge in [-0.1, -0.05) is 53.7 Å². The lowest BCUT2D eigenvalue weighted by molar-refractivity contribution is -0.132. The predicted octanol–water partition coefficient (Wildman–Crippen LogP) is 3.40. The fourth-order valence-corrected chi connectivity index (χ4v) is 4.70. The van der Waals surface area contributed by atoms with Crippen LogP contribution in [0.1, 0.15) is 12.8 Å². The van der Waals surface area contributed by atoms with E-state index in [1.165, 1.54) is 11.8 Å². The summed E-state index contributed by atoms with van der Waals surface area (Å²) >= 11 is 7.74. The first-order valence-corrected chi connectivity index (χ1v) is 11.4. The molecule has 1 aliphatic rings. The Kier molecular flexibility index (Phi) is 6.58. The maximum Gasteiger partial charge on any atom is 0.233 e. The molecule has 0 aliphatic carbocycles. The van der Waals surface area contributed by atoms with Gasteiger partial charge < -0.3 is 10.6 Å². The molecule has 7 nitrogen and oxygen atoms in total. The molecule has 0 atom stereocenters. The van der Waals surface area contributed by atoms with E-state index < -0.39 is 0 Å². The van der Waals surface area contributed by atoms with Crippen LogP contribution in [0, 0.1) is 5.92 Å². The van der Waals surface area contributed by atoms with Crippen molar-refractivity contribution in [1.29, 1.82) is 0 Å². The van der Waals surface area contributed by atoms with Gasteiger partial charge in [-0.05, 0) is 37.1 Å². The second kappa shape index (κ2) is 9.53. The minimum Gasteiger partial charge on any atom is -0.369 e. The summed E-state index contributed by atoms with van der Waals surface area (Å²) in [5.41, 5.74) is 7.04. The van der Waals surface area contributed by atoms with Crippen molar-refractivity contribution in [3.8, 4) is 17.1 Å². The van der Waals surface area contributed by atoms with Crippen LogP contribution in [0.5, 0.6) is 0 Å². The number of para-hydroxylation sites is 1. The van der Waals surface area contributed by atoms with Gasteiger partial charge in [-0.2, -0.15) is 0 Å². The molecule has 2 aromatic carbocycles. The number of benzene rings is 2. The number of halogens is 1. The third-order valence-electron chi connectivity index (χ3n) is 5.34. The number of likely N-dealkylation sites (tertiary alicyclic amines) is 1. The lowest BCUT2D eigenvalue weighted by Crippen LogP contribution is -2.42. The van der Waals surface area contributed by atoms with Crippen molar-refractivity contribution < 1.29 is 9.59 Å². The van der Waals surface area contributed by atoms with Gasteiger partial charge in [-0.3, -0.25) is 14.2 Å². The molecule has 1 aliphatic heterocycles. The topological polar surface area (TPSA) is 94.1 Å². The van der Waals surface area contributed by atoms with Gasteiger partial charge in [0.1, 0.15) is 0 Å². The molecule has 0 bridgehead atoms. The smallest absolute Gasteiger partial charge is 0.233 e. The highest BCUT2D eigenvalue weighted by Crippen LogP contribution is 2.32. The number of rotatable bonds is 6. The molecule has 0 saturated carbocycles. The Morgan fingerprint density at radius 2 is 1.71 bits per heavy atom. The molecular weight excluding hydrogens is 434 g/mol. The zero-order chi connectivity index (χ0) is 21.8. The van der Waals surface area contributed by atoms with Crippen molar-refractivity contribution >= 4 is 35.2 Å². The van der Waals surface area contributed by atoms with Crippen LogP contribution in [-0.2, 0) is 9.59 Å². The van der Waals surface area contributed by atoms with E-state index in [2.05, 4.69) is 10.2 Å². The molecule has 2 N–H and O–H groups in total. The van der Waals surface area contributed by atoms with Gasteiger partial charge in [-0.15, -0.1) is 10.2 Å². The Morgan fingerprint density at radius 1 is 1.03 bits per heavy atom. The van der Waals surface area contributed by atoms with E-state index in [0.29, 0.717) is 41.9 Å². The average Bonchev–Trinajstić information content (AvgIpc) is 3.22. The summed E-state index contributed by atoms with van der Waals surface area (Å²) in [4.78, 5) is 25.9. The van der Waals surface area contributed by atoms with Gasteiger partial charge in [-0.25, -0.2) is 0 Å². The van der Waals surface area contributed by atoms with E-state index >= 15 is 0 Å². The molecule has 31 heavy (non-hydrogen) atoms. The third-order valence-corrected chi connectivity index (χ3v) is 6.58. The summed E-state index contributed by atoms with van der Waals surface area (Å²) in [5, 5.41) is 9.92. The maximum atomic E-state index is 12.7. The van der Waals surface area contributed by atoms with Crippen LogP contribution < -0.4 is 5.73 Å². The summed E-state index contributed by atoms with van der Waals surface area (Å²) < 4.78 is 1.92. The van der Waals surface area contributed by atoms with Gasteiger partial charge >= 0.3 is 0 Å². The van der Waals surface area contributed by atoms with Crippen molar-refractivity contribution in [2.24, 2.45) is 11.7 Å². The standard InChI is InChI=1S/C22H22ClN5O2S/c23-18-9-5-4-8-17(18)21-25-26-22(28(21)16-6-2-1-3-7-16)31-14-19(29)27-12-10-15(11-13-27)20(24)30/h1-9,15H,10-14H2,(H2,24,30). The monoisotopic (exact) mass is 455 g/mol. The highest BCUT2D eigenvalue weighted by molar-refractivity contribution is 7.99. The predicted molar refractivity (Wildman–Crippen MR) is 121 cm³/mol. The minimum absolute atomic E-state index is 0.00910. The Bertz CT molecular complexity index is 1080. The fraction of sp³-hybridized carbons (Fsp3) is 0.273. The number of aromatic nitrogens is 3. The third kappa shape index (κ3) is 4.75. The molecule has 0 spiro atoms.